The van der Waals surface area contributed by atoms with E-state index in [4.69, 9.17) is 41.1 Å². The van der Waals surface area contributed by atoms with Crippen molar-refractivity contribution >= 4 is 11.8 Å². The van der Waals surface area contributed by atoms with Crippen LogP contribution in [0.15, 0.2) is 18.2 Å². The summed E-state index contributed by atoms with van der Waals surface area (Å²) in [4.78, 5) is 30.2. The Morgan fingerprint density at radius 3 is 1.82 bits per heavy atom. The van der Waals surface area contributed by atoms with Gasteiger partial charge in [-0.1, -0.05) is 0 Å². The van der Waals surface area contributed by atoms with Gasteiger partial charge in [-0.25, -0.2) is 4.39 Å². The van der Waals surface area contributed by atoms with E-state index in [-0.39, 0.29) is 55.3 Å². The van der Waals surface area contributed by atoms with Crippen LogP contribution < -0.4 is 5.73 Å². The molecule has 1 rings (SSSR count). The molecule has 0 aliphatic heterocycles. The van der Waals surface area contributed by atoms with Gasteiger partial charge in [0.15, 0.2) is 0 Å². The Balaban J connectivity index is -0.0000000911. The van der Waals surface area contributed by atoms with Crippen LogP contribution in [0.4, 0.5) is 10.1 Å². The maximum Gasteiger partial charge on any atom is 0.373 e. The molecular weight excluding hydrogens is 265 g/mol. The number of nitrogen functional groups attached to an aromatic ring is 1. The Morgan fingerprint density at radius 2 is 1.59 bits per heavy atom. The van der Waals surface area contributed by atoms with Crippen molar-refractivity contribution in [3.05, 3.63) is 33.9 Å². The first kappa shape index (κ1) is 24.6. The van der Waals surface area contributed by atoms with Crippen LogP contribution in [0.5, 0.6) is 5.75 Å². The number of nitrogens with zero attached hydrogens (tertiary/aromatic N) is 2. The smallest absolute Gasteiger partial charge is 0.373 e. The Bertz CT molecular complexity index is 357. The molecule has 0 spiro atoms. The number of halogens is 1. The number of hydrogen-bond donors (Lipinski definition) is 2. The fraction of sp³-hybridized carbons (Fsp3) is 0. The van der Waals surface area contributed by atoms with Gasteiger partial charge in [0.25, 0.3) is 0 Å². The first-order valence-corrected chi connectivity index (χ1v) is 3.21. The fourth-order valence-electron chi connectivity index (χ4n) is 0.531. The van der Waals surface area contributed by atoms with Gasteiger partial charge in [-0.3, -0.25) is 0 Å². The fourth-order valence-corrected chi connectivity index (χ4v) is 0.531. The normalized spacial score (nSPS) is 5.82. The molecule has 0 fully saturated rings. The maximum atomic E-state index is 12.3. The number of carbonyl (C=O) groups excluding carboxylic acids is 2. The second-order valence-corrected chi connectivity index (χ2v) is 1.79. The molecule has 0 atom stereocenters. The zero-order valence-corrected chi connectivity index (χ0v) is 8.72. The molecule has 0 amide bonds. The molecule has 0 heterocycles. The van der Waals surface area contributed by atoms with E-state index in [1.54, 1.807) is 0 Å². The van der Waals surface area contributed by atoms with E-state index >= 15 is 0 Å². The molecule has 0 bridgehead atoms. The Morgan fingerprint density at radius 1 is 1.24 bits per heavy atom. The summed E-state index contributed by atoms with van der Waals surface area (Å²) in [5, 5.41) is 20.7. The molecule has 8 nitrogen and oxygen atoms in total. The minimum atomic E-state index is -0.507. The van der Waals surface area contributed by atoms with Crippen molar-refractivity contribution in [1.29, 1.82) is 10.8 Å². The Hall–Kier alpha value is -1.59. The van der Waals surface area contributed by atoms with Crippen LogP contribution in [0.3, 0.4) is 0 Å². The third-order valence-electron chi connectivity index (χ3n) is 0.980. The van der Waals surface area contributed by atoms with Crippen molar-refractivity contribution in [3.63, 3.8) is 0 Å². The molecule has 1 aromatic rings. The van der Waals surface area contributed by atoms with Gasteiger partial charge in [-0.15, -0.1) is 0 Å². The van der Waals surface area contributed by atoms with Crippen molar-refractivity contribution in [1.82, 2.24) is 0 Å². The molecule has 0 saturated heterocycles. The second-order valence-electron chi connectivity index (χ2n) is 1.79. The minimum absolute atomic E-state index is 0. The van der Waals surface area contributed by atoms with Crippen LogP contribution in [-0.2, 0) is 9.59 Å². The predicted molar refractivity (Wildman–Crippen MR) is 47.7 cm³/mol. The summed E-state index contributed by atoms with van der Waals surface area (Å²) in [6.07, 6.45) is 0.250. The number of hydrogen-bond acceptors (Lipinski definition) is 8. The number of phenolic OH excluding ortho intramolecular Hbond substituents is 1. The largest absolute Gasteiger partial charge is 0.508 e. The van der Waals surface area contributed by atoms with Crippen LogP contribution >= 0.6 is 0 Å². The van der Waals surface area contributed by atoms with E-state index < -0.39 is 5.82 Å². The number of nitrogens with two attached hydrogens (primary N) is 1. The standard InChI is InChI=1S/C6H6FNO.CO2.Ar.N2.O2/c7-5-2-1-4(9)3-6(5)8;2-1-3;;2*1-2/h1-3,9H,8H2;;;;. The average molecular weight is 271 g/mol. The summed E-state index contributed by atoms with van der Waals surface area (Å²) in [6, 6.07) is 3.52. The summed E-state index contributed by atoms with van der Waals surface area (Å²) >= 11 is 0. The van der Waals surface area contributed by atoms with Crippen LogP contribution in [0, 0.1) is 64.3 Å². The maximum absolute atomic E-state index is 12.3. The second kappa shape index (κ2) is 19.9. The monoisotopic (exact) mass is 271 g/mol. The van der Waals surface area contributed by atoms with Gasteiger partial charge in [0.1, 0.15) is 11.6 Å². The van der Waals surface area contributed by atoms with Crippen LogP contribution in [0.25, 0.3) is 0 Å². The van der Waals surface area contributed by atoms with E-state index in [2.05, 4.69) is 0 Å². The van der Waals surface area contributed by atoms with Crippen LogP contribution in [0.2, 0.25) is 0 Å². The van der Waals surface area contributed by atoms with E-state index in [9.17, 15) is 4.39 Å². The molecule has 0 aliphatic carbocycles. The zero-order valence-electron chi connectivity index (χ0n) is 8.02. The first-order valence-electron chi connectivity index (χ1n) is 3.21. The van der Waals surface area contributed by atoms with E-state index in [0.717, 1.165) is 12.1 Å². The molecule has 94 valence electrons. The Kier molecular flexibility index (Phi) is 28.8. The topological polar surface area (TPSA) is 162 Å². The van der Waals surface area contributed by atoms with Gasteiger partial charge in [-0.05, 0) is 12.1 Å². The molecule has 10 heteroatoms. The van der Waals surface area contributed by atoms with Gasteiger partial charge >= 0.3 is 6.15 Å². The van der Waals surface area contributed by atoms with E-state index in [1.165, 1.54) is 6.07 Å². The molecule has 0 saturated carbocycles. The van der Waals surface area contributed by atoms with Gasteiger partial charge in [-0.2, -0.15) is 9.59 Å². The van der Waals surface area contributed by atoms with Crippen LogP contribution in [0.1, 0.15) is 0 Å². The summed E-state index contributed by atoms with van der Waals surface area (Å²) < 4.78 is 12.3. The SMILES string of the molecule is N#N.Nc1cc(O)ccc1F.O=C=O.O=O.[Ar]. The molecular formula is C7H6ArFN3O5. The molecule has 0 unspecified atom stereocenters. The summed E-state index contributed by atoms with van der Waals surface area (Å²) in [6.45, 7) is 0. The van der Waals surface area contributed by atoms with Crippen molar-refractivity contribution in [3.8, 4) is 5.75 Å². The molecule has 0 aliphatic rings. The number of anilines is 1. The third-order valence-corrected chi connectivity index (χ3v) is 0.980. The predicted octanol–water partition coefficient (Wildman–Crippen LogP) is 0.627. The van der Waals surface area contributed by atoms with Gasteiger partial charge in [0, 0.05) is 64.5 Å². The molecule has 0 radical (unpaired) electrons. The van der Waals surface area contributed by atoms with Crippen molar-refractivity contribution in [2.45, 2.75) is 0 Å². The zero-order chi connectivity index (χ0) is 13.6. The average Bonchev–Trinajstić information content (AvgIpc) is 2.31. The molecule has 0 aromatic heterocycles. The summed E-state index contributed by atoms with van der Waals surface area (Å²) in [5.41, 5.74) is 5.05. The molecule has 1 aromatic carbocycles. The van der Waals surface area contributed by atoms with Gasteiger partial charge in [0.05, 0.1) is 5.69 Å². The number of rotatable bonds is 0. The van der Waals surface area contributed by atoms with Crippen molar-refractivity contribution in [2.24, 2.45) is 0 Å². The number of aromatic hydroxyl groups is 1. The van der Waals surface area contributed by atoms with Crippen LogP contribution in [-0.4, -0.2) is 11.3 Å². The summed E-state index contributed by atoms with van der Waals surface area (Å²) in [7, 11) is 0. The molecule has 17 heavy (non-hydrogen) atoms. The van der Waals surface area contributed by atoms with Gasteiger partial charge < -0.3 is 10.8 Å². The van der Waals surface area contributed by atoms with Crippen molar-refractivity contribution in [2.75, 3.05) is 5.73 Å². The first-order chi connectivity index (χ1) is 7.61. The number of benzene rings is 1. The molecule has 3 N–H and O–H groups in total. The quantitative estimate of drug-likeness (QED) is 0.512. The minimum Gasteiger partial charge on any atom is -0.508 e. The van der Waals surface area contributed by atoms with E-state index in [0.29, 0.717) is 0 Å². The Labute approximate surface area is 124 Å². The summed E-state index contributed by atoms with van der Waals surface area (Å²) in [5.74, 6) is -0.526. The van der Waals surface area contributed by atoms with Gasteiger partial charge in [0.2, 0.25) is 0 Å². The van der Waals surface area contributed by atoms with Crippen molar-refractivity contribution < 1.29 is 56.8 Å². The third kappa shape index (κ3) is 17.0. The van der Waals surface area contributed by atoms with E-state index in [1.807, 2.05) is 0 Å². The number of phenols is 1.